The summed E-state index contributed by atoms with van der Waals surface area (Å²) in [6.07, 6.45) is 0.526. The number of ketones is 1. The molecule has 0 aliphatic heterocycles. The Balaban J connectivity index is 2.44. The molecule has 1 nitrogen and oxygen atoms in total. The summed E-state index contributed by atoms with van der Waals surface area (Å²) in [5, 5.41) is 0.750. The summed E-state index contributed by atoms with van der Waals surface area (Å²) in [5.41, 5.74) is 3.88. The van der Waals surface area contributed by atoms with Crippen molar-refractivity contribution in [3.63, 3.8) is 0 Å². The van der Waals surface area contributed by atoms with Crippen LogP contribution in [0, 0.1) is 6.92 Å². The normalized spacial score (nSPS) is 10.4. The van der Waals surface area contributed by atoms with E-state index in [0.29, 0.717) is 6.42 Å². The summed E-state index contributed by atoms with van der Waals surface area (Å²) in [4.78, 5) is 11.7. The smallest absolute Gasteiger partial charge is 0.162 e. The molecule has 0 aromatic heterocycles. The lowest BCUT2D eigenvalue weighted by molar-refractivity contribution is 0.0988. The zero-order valence-corrected chi connectivity index (χ0v) is 11.3. The van der Waals surface area contributed by atoms with Gasteiger partial charge >= 0.3 is 0 Å². The third-order valence-corrected chi connectivity index (χ3v) is 3.42. The molecule has 2 heteroatoms. The standard InChI is InChI=1S/C16H15ClO/c1-3-16(18)14-6-4-5-12(9-14)13-8-7-11(2)15(17)10-13/h4-10H,3H2,1-2H3. The first-order chi connectivity index (χ1) is 8.61. The maximum absolute atomic E-state index is 11.7. The fourth-order valence-corrected chi connectivity index (χ4v) is 2.03. The highest BCUT2D eigenvalue weighted by Gasteiger charge is 2.06. The van der Waals surface area contributed by atoms with Gasteiger partial charge in [-0.3, -0.25) is 4.79 Å². The number of halogens is 1. The molecule has 18 heavy (non-hydrogen) atoms. The molecule has 0 spiro atoms. The quantitative estimate of drug-likeness (QED) is 0.715. The van der Waals surface area contributed by atoms with E-state index >= 15 is 0 Å². The van der Waals surface area contributed by atoms with Crippen LogP contribution < -0.4 is 0 Å². The molecule has 0 fully saturated rings. The number of hydrogen-bond acceptors (Lipinski definition) is 1. The highest BCUT2D eigenvalue weighted by atomic mass is 35.5. The Morgan fingerprint density at radius 3 is 2.50 bits per heavy atom. The molecule has 0 amide bonds. The number of rotatable bonds is 3. The molecular formula is C16H15ClO. The third-order valence-electron chi connectivity index (χ3n) is 3.01. The van der Waals surface area contributed by atoms with E-state index in [1.165, 1.54) is 0 Å². The summed E-state index contributed by atoms with van der Waals surface area (Å²) in [6, 6.07) is 13.6. The number of carbonyl (C=O) groups excluding carboxylic acids is 1. The van der Waals surface area contributed by atoms with E-state index in [1.807, 2.05) is 56.3 Å². The van der Waals surface area contributed by atoms with Gasteiger partial charge in [-0.25, -0.2) is 0 Å². The maximum Gasteiger partial charge on any atom is 0.162 e. The van der Waals surface area contributed by atoms with E-state index in [-0.39, 0.29) is 5.78 Å². The molecule has 0 radical (unpaired) electrons. The average Bonchev–Trinajstić information content (AvgIpc) is 2.41. The molecule has 0 aliphatic rings. The van der Waals surface area contributed by atoms with Gasteiger partial charge in [0.2, 0.25) is 0 Å². The monoisotopic (exact) mass is 258 g/mol. The number of carbonyl (C=O) groups is 1. The van der Waals surface area contributed by atoms with Gasteiger partial charge in [-0.05, 0) is 35.7 Å². The van der Waals surface area contributed by atoms with Crippen molar-refractivity contribution in [3.05, 3.63) is 58.6 Å². The van der Waals surface area contributed by atoms with Crippen molar-refractivity contribution >= 4 is 17.4 Å². The molecule has 92 valence electrons. The van der Waals surface area contributed by atoms with Gasteiger partial charge in [-0.2, -0.15) is 0 Å². The molecule has 2 aromatic carbocycles. The van der Waals surface area contributed by atoms with E-state index in [2.05, 4.69) is 0 Å². The van der Waals surface area contributed by atoms with E-state index in [9.17, 15) is 4.79 Å². The van der Waals surface area contributed by atoms with E-state index in [0.717, 1.165) is 27.3 Å². The molecule has 2 aromatic rings. The van der Waals surface area contributed by atoms with Crippen molar-refractivity contribution in [2.75, 3.05) is 0 Å². The maximum atomic E-state index is 11.7. The van der Waals surface area contributed by atoms with E-state index in [4.69, 9.17) is 11.6 Å². The molecule has 0 heterocycles. The molecule has 0 unspecified atom stereocenters. The van der Waals surface area contributed by atoms with Gasteiger partial charge in [0.05, 0.1) is 0 Å². The minimum atomic E-state index is 0.162. The summed E-state index contributed by atoms with van der Waals surface area (Å²) in [5.74, 6) is 0.162. The van der Waals surface area contributed by atoms with Crippen LogP contribution >= 0.6 is 11.6 Å². The Morgan fingerprint density at radius 1 is 1.11 bits per heavy atom. The van der Waals surface area contributed by atoms with Crippen LogP contribution in [0.2, 0.25) is 5.02 Å². The van der Waals surface area contributed by atoms with E-state index in [1.54, 1.807) is 0 Å². The third kappa shape index (κ3) is 2.62. The highest BCUT2D eigenvalue weighted by molar-refractivity contribution is 6.31. The van der Waals surface area contributed by atoms with Crippen LogP contribution in [0.25, 0.3) is 11.1 Å². The summed E-state index contributed by atoms with van der Waals surface area (Å²) in [6.45, 7) is 3.85. The minimum Gasteiger partial charge on any atom is -0.294 e. The molecule has 0 bridgehead atoms. The molecule has 2 rings (SSSR count). The summed E-state index contributed by atoms with van der Waals surface area (Å²) < 4.78 is 0. The Hall–Kier alpha value is -1.60. The fraction of sp³-hybridized carbons (Fsp3) is 0.188. The lowest BCUT2D eigenvalue weighted by Gasteiger charge is -2.06. The van der Waals surface area contributed by atoms with Crippen molar-refractivity contribution < 1.29 is 4.79 Å². The van der Waals surface area contributed by atoms with Crippen LogP contribution in [0.15, 0.2) is 42.5 Å². The van der Waals surface area contributed by atoms with Crippen molar-refractivity contribution in [1.29, 1.82) is 0 Å². The zero-order chi connectivity index (χ0) is 13.1. The SMILES string of the molecule is CCC(=O)c1cccc(-c2ccc(C)c(Cl)c2)c1. The second-order valence-electron chi connectivity index (χ2n) is 4.32. The molecule has 0 atom stereocenters. The Kier molecular flexibility index (Phi) is 3.83. The van der Waals surface area contributed by atoms with E-state index < -0.39 is 0 Å². The predicted molar refractivity (Wildman–Crippen MR) is 76.2 cm³/mol. The van der Waals surface area contributed by atoms with Gasteiger partial charge in [-0.1, -0.05) is 48.9 Å². The molecule has 0 aliphatic carbocycles. The second-order valence-corrected chi connectivity index (χ2v) is 4.73. The van der Waals surface area contributed by atoms with Gasteiger partial charge in [-0.15, -0.1) is 0 Å². The lowest BCUT2D eigenvalue weighted by atomic mass is 10.00. The molecule has 0 N–H and O–H groups in total. The van der Waals surface area contributed by atoms with Crippen LogP contribution in [-0.4, -0.2) is 5.78 Å². The molecule has 0 saturated heterocycles. The van der Waals surface area contributed by atoms with Crippen LogP contribution in [0.3, 0.4) is 0 Å². The number of benzene rings is 2. The number of Topliss-reactive ketones (excluding diaryl/α,β-unsaturated/α-hetero) is 1. The van der Waals surface area contributed by atoms with Gasteiger partial charge in [0.15, 0.2) is 5.78 Å². The van der Waals surface area contributed by atoms with Crippen molar-refractivity contribution in [3.8, 4) is 11.1 Å². The number of aryl methyl sites for hydroxylation is 1. The summed E-state index contributed by atoms with van der Waals surface area (Å²) in [7, 11) is 0. The van der Waals surface area contributed by atoms with Crippen molar-refractivity contribution in [2.45, 2.75) is 20.3 Å². The predicted octanol–water partition coefficient (Wildman–Crippen LogP) is 4.91. The highest BCUT2D eigenvalue weighted by Crippen LogP contribution is 2.26. The average molecular weight is 259 g/mol. The van der Waals surface area contributed by atoms with Crippen LogP contribution in [0.5, 0.6) is 0 Å². The van der Waals surface area contributed by atoms with Crippen molar-refractivity contribution in [2.24, 2.45) is 0 Å². The van der Waals surface area contributed by atoms with Gasteiger partial charge in [0.1, 0.15) is 0 Å². The fourth-order valence-electron chi connectivity index (χ4n) is 1.85. The minimum absolute atomic E-state index is 0.162. The first-order valence-electron chi connectivity index (χ1n) is 6.01. The lowest BCUT2D eigenvalue weighted by Crippen LogP contribution is -1.96. The second kappa shape index (κ2) is 5.36. The van der Waals surface area contributed by atoms with Crippen LogP contribution in [0.4, 0.5) is 0 Å². The van der Waals surface area contributed by atoms with Crippen molar-refractivity contribution in [1.82, 2.24) is 0 Å². The van der Waals surface area contributed by atoms with Gasteiger partial charge < -0.3 is 0 Å². The first-order valence-corrected chi connectivity index (χ1v) is 6.39. The Morgan fingerprint density at radius 2 is 1.83 bits per heavy atom. The van der Waals surface area contributed by atoms with Gasteiger partial charge in [0, 0.05) is 17.0 Å². The first kappa shape index (κ1) is 12.8. The van der Waals surface area contributed by atoms with Gasteiger partial charge in [0.25, 0.3) is 0 Å². The number of hydrogen-bond donors (Lipinski definition) is 0. The summed E-state index contributed by atoms with van der Waals surface area (Å²) >= 11 is 6.13. The van der Waals surface area contributed by atoms with Crippen LogP contribution in [0.1, 0.15) is 29.3 Å². The van der Waals surface area contributed by atoms with Crippen LogP contribution in [-0.2, 0) is 0 Å². The Bertz CT molecular complexity index is 587. The molecular weight excluding hydrogens is 244 g/mol. The molecule has 0 saturated carbocycles. The Labute approximate surface area is 112 Å². The largest absolute Gasteiger partial charge is 0.294 e. The zero-order valence-electron chi connectivity index (χ0n) is 10.5. The topological polar surface area (TPSA) is 17.1 Å².